The number of nitrogens with one attached hydrogen (secondary N) is 1. The first-order valence-corrected chi connectivity index (χ1v) is 10.5. The Labute approximate surface area is 175 Å². The van der Waals surface area contributed by atoms with Crippen molar-refractivity contribution in [3.05, 3.63) is 54.1 Å². The second-order valence-electron chi connectivity index (χ2n) is 8.67. The Morgan fingerprint density at radius 2 is 1.90 bits per heavy atom. The number of allylic oxidation sites excluding steroid dienone is 1. The van der Waals surface area contributed by atoms with Crippen LogP contribution in [-0.4, -0.2) is 48.8 Å². The number of carbonyl (C=O) groups excluding carboxylic acids is 3. The van der Waals surface area contributed by atoms with E-state index in [0.717, 1.165) is 42.4 Å². The van der Waals surface area contributed by atoms with Gasteiger partial charge in [-0.05, 0) is 62.5 Å². The third-order valence-electron chi connectivity index (χ3n) is 7.06. The molecule has 5 rings (SSSR count). The molecular formula is C24H25N3O3. The Kier molecular flexibility index (Phi) is 4.29. The number of hydrogen-bond acceptors (Lipinski definition) is 4. The predicted octanol–water partition coefficient (Wildman–Crippen LogP) is 2.75. The lowest BCUT2D eigenvalue weighted by atomic mass is 9.71. The molecule has 2 aromatic rings. The summed E-state index contributed by atoms with van der Waals surface area (Å²) < 4.78 is 0. The van der Waals surface area contributed by atoms with Gasteiger partial charge in [0, 0.05) is 22.8 Å². The average molecular weight is 403 g/mol. The molecule has 1 N–H and O–H groups in total. The summed E-state index contributed by atoms with van der Waals surface area (Å²) in [6, 6.07) is 9.24. The van der Waals surface area contributed by atoms with Gasteiger partial charge < -0.3 is 4.90 Å². The van der Waals surface area contributed by atoms with Crippen LogP contribution in [0.5, 0.6) is 0 Å². The molecule has 2 aromatic carbocycles. The maximum atomic E-state index is 13.3. The Morgan fingerprint density at radius 3 is 2.60 bits per heavy atom. The highest BCUT2D eigenvalue weighted by Gasteiger charge is 2.42. The number of rotatable bonds is 3. The van der Waals surface area contributed by atoms with Gasteiger partial charge in [-0.2, -0.15) is 0 Å². The smallest absolute Gasteiger partial charge is 0.259 e. The van der Waals surface area contributed by atoms with Gasteiger partial charge in [0.2, 0.25) is 11.8 Å². The van der Waals surface area contributed by atoms with Crippen LogP contribution in [0.15, 0.2) is 43.0 Å². The van der Waals surface area contributed by atoms with E-state index in [2.05, 4.69) is 42.1 Å². The molecule has 0 spiro atoms. The number of nitrogens with zero attached hydrogens (tertiary/aromatic N) is 2. The molecule has 3 amide bonds. The zero-order chi connectivity index (χ0) is 21.0. The molecule has 0 bridgehead atoms. The molecule has 1 unspecified atom stereocenters. The first-order chi connectivity index (χ1) is 14.4. The molecule has 2 saturated heterocycles. The summed E-state index contributed by atoms with van der Waals surface area (Å²) in [7, 11) is 2.14. The molecular weight excluding hydrogens is 378 g/mol. The van der Waals surface area contributed by atoms with Gasteiger partial charge >= 0.3 is 0 Å². The van der Waals surface area contributed by atoms with Gasteiger partial charge in [0.25, 0.3) is 5.91 Å². The van der Waals surface area contributed by atoms with Crippen molar-refractivity contribution in [1.82, 2.24) is 10.2 Å². The van der Waals surface area contributed by atoms with Crippen LogP contribution in [0.25, 0.3) is 10.8 Å². The Bertz CT molecular complexity index is 1100. The van der Waals surface area contributed by atoms with Gasteiger partial charge in [-0.15, -0.1) is 6.58 Å². The van der Waals surface area contributed by atoms with Crippen LogP contribution >= 0.6 is 0 Å². The second kappa shape index (κ2) is 6.77. The average Bonchev–Trinajstić information content (AvgIpc) is 3.03. The number of carbonyl (C=O) groups is 3. The van der Waals surface area contributed by atoms with E-state index in [0.29, 0.717) is 12.0 Å². The largest absolute Gasteiger partial charge is 0.306 e. The third kappa shape index (κ3) is 2.63. The summed E-state index contributed by atoms with van der Waals surface area (Å²) >= 11 is 0. The number of anilines is 1. The quantitative estimate of drug-likeness (QED) is 0.632. The van der Waals surface area contributed by atoms with Crippen molar-refractivity contribution in [1.29, 1.82) is 0 Å². The van der Waals surface area contributed by atoms with E-state index in [-0.39, 0.29) is 23.7 Å². The van der Waals surface area contributed by atoms with E-state index < -0.39 is 11.9 Å². The Balaban J connectivity index is 1.65. The van der Waals surface area contributed by atoms with E-state index in [1.165, 1.54) is 5.56 Å². The fourth-order valence-corrected chi connectivity index (χ4v) is 5.28. The topological polar surface area (TPSA) is 69.7 Å². The number of amides is 3. The van der Waals surface area contributed by atoms with Crippen molar-refractivity contribution >= 4 is 34.2 Å². The summed E-state index contributed by atoms with van der Waals surface area (Å²) in [6.07, 6.45) is 4.62. The molecule has 3 heterocycles. The number of imide groups is 1. The van der Waals surface area contributed by atoms with Gasteiger partial charge in [-0.3, -0.25) is 24.6 Å². The maximum absolute atomic E-state index is 13.3. The highest BCUT2D eigenvalue weighted by Crippen LogP contribution is 2.46. The van der Waals surface area contributed by atoms with Gasteiger partial charge in [0.15, 0.2) is 0 Å². The Hall–Kier alpha value is -2.99. The zero-order valence-corrected chi connectivity index (χ0v) is 17.1. The van der Waals surface area contributed by atoms with Crippen molar-refractivity contribution in [3.8, 4) is 0 Å². The monoisotopic (exact) mass is 403 g/mol. The van der Waals surface area contributed by atoms with Crippen LogP contribution in [0.4, 0.5) is 5.69 Å². The number of hydrogen-bond donors (Lipinski definition) is 1. The van der Waals surface area contributed by atoms with E-state index in [4.69, 9.17) is 0 Å². The molecule has 154 valence electrons. The van der Waals surface area contributed by atoms with E-state index >= 15 is 0 Å². The van der Waals surface area contributed by atoms with E-state index in [1.807, 2.05) is 18.2 Å². The minimum absolute atomic E-state index is 0.130. The van der Waals surface area contributed by atoms with Crippen molar-refractivity contribution in [2.45, 2.75) is 37.1 Å². The zero-order valence-electron chi connectivity index (χ0n) is 17.1. The van der Waals surface area contributed by atoms with Crippen LogP contribution in [0.1, 0.15) is 41.6 Å². The van der Waals surface area contributed by atoms with Gasteiger partial charge in [-0.25, -0.2) is 0 Å². The minimum Gasteiger partial charge on any atom is -0.306 e. The first-order valence-electron chi connectivity index (χ1n) is 10.5. The summed E-state index contributed by atoms with van der Waals surface area (Å²) in [5, 5.41) is 4.34. The standard InChI is InChI=1S/C24H25N3O3/c1-3-24(11-13-26(2)14-12-24)17-8-7-16-21-15(17)5-4-6-18(21)27(23(16)30)19-9-10-20(28)25-22(19)29/h3-8,19H,1,9-14H2,2H3,(H,25,28,29). The van der Waals surface area contributed by atoms with Crippen LogP contribution < -0.4 is 10.2 Å². The summed E-state index contributed by atoms with van der Waals surface area (Å²) in [6.45, 7) is 6.16. The maximum Gasteiger partial charge on any atom is 0.259 e. The second-order valence-corrected chi connectivity index (χ2v) is 8.67. The molecule has 0 radical (unpaired) electrons. The Morgan fingerprint density at radius 1 is 1.13 bits per heavy atom. The molecule has 6 heteroatoms. The lowest BCUT2D eigenvalue weighted by Gasteiger charge is -2.39. The van der Waals surface area contributed by atoms with Gasteiger partial charge in [0.05, 0.1) is 5.69 Å². The normalized spacial score (nSPS) is 23.7. The van der Waals surface area contributed by atoms with E-state index in [1.54, 1.807) is 4.90 Å². The van der Waals surface area contributed by atoms with Crippen molar-refractivity contribution < 1.29 is 14.4 Å². The van der Waals surface area contributed by atoms with Crippen molar-refractivity contribution in [3.63, 3.8) is 0 Å². The van der Waals surface area contributed by atoms with Crippen LogP contribution in [0.3, 0.4) is 0 Å². The highest BCUT2D eigenvalue weighted by molar-refractivity contribution is 6.27. The molecule has 0 aromatic heterocycles. The fourth-order valence-electron chi connectivity index (χ4n) is 5.28. The third-order valence-corrected chi connectivity index (χ3v) is 7.06. The molecule has 3 aliphatic heterocycles. The summed E-state index contributed by atoms with van der Waals surface area (Å²) in [5.74, 6) is -0.850. The predicted molar refractivity (Wildman–Crippen MR) is 116 cm³/mol. The van der Waals surface area contributed by atoms with Crippen LogP contribution in [0.2, 0.25) is 0 Å². The highest BCUT2D eigenvalue weighted by atomic mass is 16.2. The van der Waals surface area contributed by atoms with Crippen molar-refractivity contribution in [2.75, 3.05) is 25.0 Å². The van der Waals surface area contributed by atoms with Crippen LogP contribution in [-0.2, 0) is 15.0 Å². The molecule has 1 atom stereocenters. The van der Waals surface area contributed by atoms with Gasteiger partial charge in [0.1, 0.15) is 6.04 Å². The number of benzene rings is 2. The molecule has 6 nitrogen and oxygen atoms in total. The fraction of sp³-hybridized carbons (Fsp3) is 0.375. The molecule has 0 aliphatic carbocycles. The number of piperidine rings is 2. The summed E-state index contributed by atoms with van der Waals surface area (Å²) in [4.78, 5) is 41.3. The minimum atomic E-state index is -0.659. The molecule has 3 aliphatic rings. The molecule has 0 saturated carbocycles. The van der Waals surface area contributed by atoms with E-state index in [9.17, 15) is 14.4 Å². The molecule has 2 fully saturated rings. The summed E-state index contributed by atoms with van der Waals surface area (Å²) in [5.41, 5.74) is 2.45. The SMILES string of the molecule is C=CC1(c2ccc3c4c(cccc24)N(C2CCC(=O)NC2=O)C3=O)CCN(C)CC1. The molecule has 30 heavy (non-hydrogen) atoms. The van der Waals surface area contributed by atoms with Crippen molar-refractivity contribution in [2.24, 2.45) is 0 Å². The first kappa shape index (κ1) is 19.0. The lowest BCUT2D eigenvalue weighted by molar-refractivity contribution is -0.134. The number of likely N-dealkylation sites (tertiary alicyclic amines) is 1. The lowest BCUT2D eigenvalue weighted by Crippen LogP contribution is -2.53. The van der Waals surface area contributed by atoms with Gasteiger partial charge in [-0.1, -0.05) is 24.3 Å². The van der Waals surface area contributed by atoms with Crippen LogP contribution in [0, 0.1) is 0 Å².